The van der Waals surface area contributed by atoms with Crippen LogP contribution in [0, 0.1) is 13.8 Å². The zero-order valence-corrected chi connectivity index (χ0v) is 17.3. The average molecular weight is 399 g/mol. The molecule has 0 spiro atoms. The van der Waals surface area contributed by atoms with E-state index in [1.807, 2.05) is 0 Å². The highest BCUT2D eigenvalue weighted by molar-refractivity contribution is 6.30. The summed E-state index contributed by atoms with van der Waals surface area (Å²) in [7, 11) is 3.01. The maximum atomic E-state index is 13.0. The number of carbonyl (C=O) groups is 3. The van der Waals surface area contributed by atoms with Crippen molar-refractivity contribution in [3.8, 4) is 0 Å². The highest BCUT2D eigenvalue weighted by atomic mass is 35.5. The van der Waals surface area contributed by atoms with E-state index in [1.165, 1.54) is 12.0 Å². The molecule has 1 saturated heterocycles. The molecular weight excluding hydrogens is 372 g/mol. The van der Waals surface area contributed by atoms with Gasteiger partial charge in [-0.15, -0.1) is 11.6 Å². The van der Waals surface area contributed by atoms with E-state index in [1.54, 1.807) is 32.4 Å². The average Bonchev–Trinajstić information content (AvgIpc) is 3.20. The molecule has 0 unspecified atom stereocenters. The lowest BCUT2D eigenvalue weighted by Crippen LogP contribution is -2.43. The summed E-state index contributed by atoms with van der Waals surface area (Å²) in [5, 5.41) is -0.734. The van der Waals surface area contributed by atoms with Crippen LogP contribution in [0.4, 0.5) is 0 Å². The Labute approximate surface area is 164 Å². The van der Waals surface area contributed by atoms with Crippen LogP contribution in [0.25, 0.3) is 0 Å². The molecule has 1 aliphatic heterocycles. The molecule has 0 aromatic carbocycles. The zero-order valence-electron chi connectivity index (χ0n) is 16.5. The molecule has 8 heteroatoms. The molecule has 7 nitrogen and oxygen atoms in total. The Balaban J connectivity index is 2.29. The van der Waals surface area contributed by atoms with Gasteiger partial charge in [0.15, 0.2) is 5.78 Å². The molecule has 2 atom stereocenters. The number of hydrogen-bond donors (Lipinski definition) is 0. The van der Waals surface area contributed by atoms with Crippen LogP contribution in [-0.2, 0) is 21.3 Å². The fourth-order valence-electron chi connectivity index (χ4n) is 3.54. The number of halogens is 1. The molecule has 0 radical (unpaired) electrons. The number of nitrogens with zero attached hydrogens (tertiary/aromatic N) is 2. The van der Waals surface area contributed by atoms with Crippen molar-refractivity contribution < 1.29 is 23.9 Å². The van der Waals surface area contributed by atoms with E-state index < -0.39 is 11.3 Å². The van der Waals surface area contributed by atoms with Gasteiger partial charge in [-0.2, -0.15) is 0 Å². The second-order valence-corrected chi connectivity index (χ2v) is 7.53. The number of alkyl halides is 1. The number of ketones is 1. The summed E-state index contributed by atoms with van der Waals surface area (Å²) in [6, 6.07) is 0. The Morgan fingerprint density at radius 2 is 2.04 bits per heavy atom. The zero-order chi connectivity index (χ0) is 20.3. The first kappa shape index (κ1) is 21.4. The summed E-state index contributed by atoms with van der Waals surface area (Å²) in [5.74, 6) is -1.04. The van der Waals surface area contributed by atoms with Gasteiger partial charge in [0.1, 0.15) is 11.1 Å². The number of Topliss-reactive ketones (excluding diaryl/α,β-unsaturated/α-hetero) is 1. The van der Waals surface area contributed by atoms with Gasteiger partial charge in [0.2, 0.25) is 5.91 Å². The molecule has 1 aromatic rings. The van der Waals surface area contributed by atoms with Crippen LogP contribution in [0.1, 0.15) is 51.9 Å². The molecule has 2 rings (SSSR count). The molecule has 0 bridgehead atoms. The molecule has 150 valence electrons. The van der Waals surface area contributed by atoms with E-state index >= 15 is 0 Å². The Morgan fingerprint density at radius 1 is 1.37 bits per heavy atom. The van der Waals surface area contributed by atoms with Gasteiger partial charge in [-0.3, -0.25) is 9.59 Å². The van der Waals surface area contributed by atoms with Crippen molar-refractivity contribution >= 4 is 29.3 Å². The number of rotatable bonds is 7. The normalized spacial score (nSPS) is 17.6. The lowest BCUT2D eigenvalue weighted by atomic mass is 10.0. The van der Waals surface area contributed by atoms with Crippen molar-refractivity contribution in [3.05, 3.63) is 22.5 Å². The van der Waals surface area contributed by atoms with Gasteiger partial charge >= 0.3 is 5.97 Å². The van der Waals surface area contributed by atoms with Crippen LogP contribution in [0.5, 0.6) is 0 Å². The second-order valence-electron chi connectivity index (χ2n) is 6.88. The summed E-state index contributed by atoms with van der Waals surface area (Å²) in [4.78, 5) is 39.0. The van der Waals surface area contributed by atoms with Gasteiger partial charge in [-0.05, 0) is 39.2 Å². The predicted molar refractivity (Wildman–Crippen MR) is 101 cm³/mol. The third-order valence-electron chi connectivity index (χ3n) is 5.02. The number of carbonyl (C=O) groups excluding carboxylic acids is 3. The standard InChI is InChI=1S/C19H27ClN2O5/c1-11-16(13(3)21(4)17(11)19(25)26-5)15(23)10-22(18(24)12(2)20)9-14-7-6-8-27-14/h12,14H,6-10H2,1-5H3/t12-,14-/m0/s1. The molecule has 0 N–H and O–H groups in total. The van der Waals surface area contributed by atoms with Gasteiger partial charge in [0, 0.05) is 31.5 Å². The number of amides is 1. The topological polar surface area (TPSA) is 77.8 Å². The maximum Gasteiger partial charge on any atom is 0.354 e. The molecule has 0 saturated carbocycles. The van der Waals surface area contributed by atoms with Crippen molar-refractivity contribution in [2.24, 2.45) is 7.05 Å². The molecule has 0 aliphatic carbocycles. The maximum absolute atomic E-state index is 13.0. The molecule has 1 aliphatic rings. The third-order valence-corrected chi connectivity index (χ3v) is 5.21. The molecule has 27 heavy (non-hydrogen) atoms. The Hall–Kier alpha value is -1.86. The van der Waals surface area contributed by atoms with Gasteiger partial charge in [-0.1, -0.05) is 0 Å². The van der Waals surface area contributed by atoms with Crippen LogP contribution in [0.3, 0.4) is 0 Å². The summed E-state index contributed by atoms with van der Waals surface area (Å²) in [6.45, 7) is 5.95. The van der Waals surface area contributed by atoms with Crippen molar-refractivity contribution in [1.82, 2.24) is 9.47 Å². The number of ether oxygens (including phenoxy) is 2. The molecule has 1 fully saturated rings. The van der Waals surface area contributed by atoms with Crippen molar-refractivity contribution in [2.45, 2.75) is 45.1 Å². The quantitative estimate of drug-likeness (QED) is 0.400. The molecular formula is C19H27ClN2O5. The van der Waals surface area contributed by atoms with Gasteiger partial charge in [-0.25, -0.2) is 4.79 Å². The number of aromatic nitrogens is 1. The largest absolute Gasteiger partial charge is 0.464 e. The third kappa shape index (κ3) is 4.52. The van der Waals surface area contributed by atoms with Crippen LogP contribution >= 0.6 is 11.6 Å². The first-order valence-corrected chi connectivity index (χ1v) is 9.44. The van der Waals surface area contributed by atoms with Gasteiger partial charge < -0.3 is 18.9 Å². The molecule has 1 amide bonds. The lowest BCUT2D eigenvalue weighted by molar-refractivity contribution is -0.131. The molecule has 2 heterocycles. The summed E-state index contributed by atoms with van der Waals surface area (Å²) < 4.78 is 12.1. The number of hydrogen-bond acceptors (Lipinski definition) is 5. The smallest absolute Gasteiger partial charge is 0.354 e. The summed E-state index contributed by atoms with van der Waals surface area (Å²) >= 11 is 5.98. The van der Waals surface area contributed by atoms with Crippen LogP contribution in [0.15, 0.2) is 0 Å². The highest BCUT2D eigenvalue weighted by Crippen LogP contribution is 2.23. The Kier molecular flexibility index (Phi) is 7.06. The first-order valence-electron chi connectivity index (χ1n) is 9.00. The van der Waals surface area contributed by atoms with E-state index in [2.05, 4.69) is 0 Å². The fourth-order valence-corrected chi connectivity index (χ4v) is 3.68. The highest BCUT2D eigenvalue weighted by Gasteiger charge is 2.30. The van der Waals surface area contributed by atoms with E-state index in [0.717, 1.165) is 12.8 Å². The molecule has 1 aromatic heterocycles. The minimum Gasteiger partial charge on any atom is -0.464 e. The lowest BCUT2D eigenvalue weighted by Gasteiger charge is -2.26. The van der Waals surface area contributed by atoms with Gasteiger partial charge in [0.05, 0.1) is 19.8 Å². The minimum absolute atomic E-state index is 0.0826. The summed E-state index contributed by atoms with van der Waals surface area (Å²) in [5.41, 5.74) is 1.97. The van der Waals surface area contributed by atoms with Crippen molar-refractivity contribution in [1.29, 1.82) is 0 Å². The Bertz CT molecular complexity index is 735. The van der Waals surface area contributed by atoms with E-state index in [4.69, 9.17) is 21.1 Å². The second kappa shape index (κ2) is 8.89. The fraction of sp³-hybridized carbons (Fsp3) is 0.632. The van der Waals surface area contributed by atoms with Crippen molar-refractivity contribution in [2.75, 3.05) is 26.8 Å². The van der Waals surface area contributed by atoms with E-state index in [0.29, 0.717) is 35.7 Å². The van der Waals surface area contributed by atoms with Crippen LogP contribution < -0.4 is 0 Å². The Morgan fingerprint density at radius 3 is 2.56 bits per heavy atom. The van der Waals surface area contributed by atoms with E-state index in [9.17, 15) is 14.4 Å². The summed E-state index contributed by atoms with van der Waals surface area (Å²) in [6.07, 6.45) is 1.71. The monoisotopic (exact) mass is 398 g/mol. The van der Waals surface area contributed by atoms with Crippen LogP contribution in [0.2, 0.25) is 0 Å². The SMILES string of the molecule is COC(=O)c1c(C)c(C(=O)CN(C[C@@H]2CCCO2)C(=O)[C@H](C)Cl)c(C)n1C. The number of esters is 1. The number of methoxy groups -OCH3 is 1. The van der Waals surface area contributed by atoms with Gasteiger partial charge in [0.25, 0.3) is 0 Å². The minimum atomic E-state index is -0.734. The van der Waals surface area contributed by atoms with E-state index in [-0.39, 0.29) is 24.3 Å². The van der Waals surface area contributed by atoms with Crippen LogP contribution in [-0.4, -0.2) is 65.4 Å². The van der Waals surface area contributed by atoms with Crippen molar-refractivity contribution in [3.63, 3.8) is 0 Å². The predicted octanol–water partition coefficient (Wildman–Crippen LogP) is 2.25. The first-order chi connectivity index (χ1) is 12.7.